The lowest BCUT2D eigenvalue weighted by molar-refractivity contribution is 0.0636. The number of halogens is 1. The molecule has 0 aliphatic heterocycles. The third-order valence-electron chi connectivity index (χ3n) is 2.80. The number of nitrogens with zero attached hydrogens (tertiary/aromatic N) is 1. The van der Waals surface area contributed by atoms with Crippen molar-refractivity contribution in [3.05, 3.63) is 17.2 Å². The van der Waals surface area contributed by atoms with E-state index in [1.807, 2.05) is 11.9 Å². The molecule has 22 heavy (non-hydrogen) atoms. The van der Waals surface area contributed by atoms with Gasteiger partial charge < -0.3 is 15.4 Å². The third kappa shape index (κ3) is 5.64. The molecule has 0 unspecified atom stereocenters. The minimum Gasteiger partial charge on any atom is -0.444 e. The van der Waals surface area contributed by atoms with Crippen molar-refractivity contribution in [3.8, 4) is 0 Å². The molecule has 0 radical (unpaired) electrons. The van der Waals surface area contributed by atoms with Crippen LogP contribution in [0.25, 0.3) is 0 Å². The summed E-state index contributed by atoms with van der Waals surface area (Å²) < 4.78 is 5.24. The Morgan fingerprint density at radius 2 is 2.00 bits per heavy atom. The van der Waals surface area contributed by atoms with E-state index in [2.05, 4.69) is 19.2 Å². The number of hydrogen-bond acceptors (Lipinski definition) is 4. The SMILES string of the molecule is CC(C)CN(C)c1cc(NC(=O)OC(C)(C)C)c(N)cc1Cl. The van der Waals surface area contributed by atoms with Crippen LogP contribution in [0.1, 0.15) is 34.6 Å². The zero-order chi connectivity index (χ0) is 17.1. The van der Waals surface area contributed by atoms with Crippen molar-refractivity contribution in [1.82, 2.24) is 0 Å². The van der Waals surface area contributed by atoms with Crippen molar-refractivity contribution >= 4 is 34.8 Å². The van der Waals surface area contributed by atoms with Crippen LogP contribution in [-0.2, 0) is 4.74 Å². The summed E-state index contributed by atoms with van der Waals surface area (Å²) in [5, 5.41) is 3.22. The molecule has 0 atom stereocenters. The molecule has 0 aliphatic carbocycles. The van der Waals surface area contributed by atoms with Crippen molar-refractivity contribution in [1.29, 1.82) is 0 Å². The number of carbonyl (C=O) groups excluding carboxylic acids is 1. The molecule has 0 fully saturated rings. The summed E-state index contributed by atoms with van der Waals surface area (Å²) in [6.07, 6.45) is -0.543. The van der Waals surface area contributed by atoms with Gasteiger partial charge in [0.1, 0.15) is 5.60 Å². The van der Waals surface area contributed by atoms with Crippen LogP contribution in [0.15, 0.2) is 12.1 Å². The summed E-state index contributed by atoms with van der Waals surface area (Å²) in [6, 6.07) is 3.41. The fraction of sp³-hybridized carbons (Fsp3) is 0.562. The summed E-state index contributed by atoms with van der Waals surface area (Å²) >= 11 is 6.26. The van der Waals surface area contributed by atoms with E-state index in [1.54, 1.807) is 32.9 Å². The largest absolute Gasteiger partial charge is 0.444 e. The van der Waals surface area contributed by atoms with E-state index in [0.29, 0.717) is 22.3 Å². The van der Waals surface area contributed by atoms with Gasteiger partial charge in [0.25, 0.3) is 0 Å². The normalized spacial score (nSPS) is 11.5. The Hall–Kier alpha value is -1.62. The van der Waals surface area contributed by atoms with Crippen LogP contribution in [0, 0.1) is 5.92 Å². The molecular weight excluding hydrogens is 302 g/mol. The predicted molar refractivity (Wildman–Crippen MR) is 93.8 cm³/mol. The highest BCUT2D eigenvalue weighted by Gasteiger charge is 2.18. The van der Waals surface area contributed by atoms with Crippen LogP contribution in [0.5, 0.6) is 0 Å². The Morgan fingerprint density at radius 3 is 2.50 bits per heavy atom. The Labute approximate surface area is 137 Å². The second-order valence-electron chi connectivity index (χ2n) is 6.79. The zero-order valence-corrected chi connectivity index (χ0v) is 14.9. The van der Waals surface area contributed by atoms with Gasteiger partial charge in [0.2, 0.25) is 0 Å². The van der Waals surface area contributed by atoms with Crippen LogP contribution < -0.4 is 16.0 Å². The number of ether oxygens (including phenoxy) is 1. The van der Waals surface area contributed by atoms with E-state index in [9.17, 15) is 4.79 Å². The van der Waals surface area contributed by atoms with E-state index in [0.717, 1.165) is 12.2 Å². The Bertz CT molecular complexity index is 539. The third-order valence-corrected chi connectivity index (χ3v) is 3.11. The first-order valence-corrected chi connectivity index (χ1v) is 7.67. The number of nitrogen functional groups attached to an aromatic ring is 1. The number of rotatable bonds is 4. The second kappa shape index (κ2) is 7.09. The van der Waals surface area contributed by atoms with Crippen molar-refractivity contribution in [3.63, 3.8) is 0 Å². The highest BCUT2D eigenvalue weighted by Crippen LogP contribution is 2.33. The summed E-state index contributed by atoms with van der Waals surface area (Å²) in [4.78, 5) is 13.9. The smallest absolute Gasteiger partial charge is 0.412 e. The van der Waals surface area contributed by atoms with Crippen LogP contribution in [0.3, 0.4) is 0 Å². The number of hydrogen-bond donors (Lipinski definition) is 2. The molecule has 0 spiro atoms. The number of carbonyl (C=O) groups is 1. The molecule has 0 aromatic heterocycles. The molecule has 0 aliphatic rings. The monoisotopic (exact) mass is 327 g/mol. The van der Waals surface area contributed by atoms with Gasteiger partial charge in [0.15, 0.2) is 0 Å². The van der Waals surface area contributed by atoms with Gasteiger partial charge in [-0.1, -0.05) is 25.4 Å². The Kier molecular flexibility index (Phi) is 5.94. The van der Waals surface area contributed by atoms with Crippen LogP contribution in [-0.4, -0.2) is 25.3 Å². The maximum atomic E-state index is 11.9. The molecular formula is C16H26ClN3O2. The van der Waals surface area contributed by atoms with Crippen molar-refractivity contribution < 1.29 is 9.53 Å². The van der Waals surface area contributed by atoms with Gasteiger partial charge in [0, 0.05) is 13.6 Å². The maximum absolute atomic E-state index is 11.9. The summed E-state index contributed by atoms with van der Waals surface area (Å²) in [5.74, 6) is 0.487. The number of nitrogens with one attached hydrogen (secondary N) is 1. The van der Waals surface area contributed by atoms with Crippen LogP contribution >= 0.6 is 11.6 Å². The average molecular weight is 328 g/mol. The zero-order valence-electron chi connectivity index (χ0n) is 14.2. The highest BCUT2D eigenvalue weighted by atomic mass is 35.5. The average Bonchev–Trinajstić information content (AvgIpc) is 2.29. The van der Waals surface area contributed by atoms with E-state index in [1.165, 1.54) is 0 Å². The van der Waals surface area contributed by atoms with Gasteiger partial charge in [0.05, 0.1) is 22.1 Å². The molecule has 0 saturated heterocycles. The van der Waals surface area contributed by atoms with E-state index in [-0.39, 0.29) is 0 Å². The second-order valence-corrected chi connectivity index (χ2v) is 7.20. The lowest BCUT2D eigenvalue weighted by Gasteiger charge is -2.24. The lowest BCUT2D eigenvalue weighted by Crippen LogP contribution is -2.28. The minimum absolute atomic E-state index is 0.401. The topological polar surface area (TPSA) is 67.6 Å². The molecule has 1 aromatic carbocycles. The first-order valence-electron chi connectivity index (χ1n) is 7.29. The number of nitrogens with two attached hydrogens (primary N) is 1. The van der Waals surface area contributed by atoms with Crippen molar-refractivity contribution in [2.24, 2.45) is 5.92 Å². The molecule has 5 nitrogen and oxygen atoms in total. The minimum atomic E-state index is -0.567. The van der Waals surface area contributed by atoms with E-state index in [4.69, 9.17) is 22.1 Å². The number of anilines is 3. The molecule has 124 valence electrons. The molecule has 0 saturated carbocycles. The first kappa shape index (κ1) is 18.4. The summed E-state index contributed by atoms with van der Waals surface area (Å²) in [6.45, 7) is 10.5. The molecule has 1 aromatic rings. The standard InChI is InChI=1S/C16H26ClN3O2/c1-10(2)9-20(6)14-8-13(12(18)7-11(14)17)19-15(21)22-16(3,4)5/h7-8,10H,9,18H2,1-6H3,(H,19,21). The van der Waals surface area contributed by atoms with Gasteiger partial charge in [-0.05, 0) is 38.8 Å². The molecule has 1 rings (SSSR count). The summed E-state index contributed by atoms with van der Waals surface area (Å²) in [5.41, 5.74) is 7.07. The maximum Gasteiger partial charge on any atom is 0.412 e. The van der Waals surface area contributed by atoms with Crippen molar-refractivity contribution in [2.75, 3.05) is 29.5 Å². The lowest BCUT2D eigenvalue weighted by atomic mass is 10.1. The van der Waals surface area contributed by atoms with Gasteiger partial charge >= 0.3 is 6.09 Å². The summed E-state index contributed by atoms with van der Waals surface area (Å²) in [7, 11) is 1.95. The Morgan fingerprint density at radius 1 is 1.41 bits per heavy atom. The van der Waals surface area contributed by atoms with Gasteiger partial charge in [-0.15, -0.1) is 0 Å². The van der Waals surface area contributed by atoms with Gasteiger partial charge in [-0.2, -0.15) is 0 Å². The number of amides is 1. The van der Waals surface area contributed by atoms with Crippen LogP contribution in [0.4, 0.5) is 21.9 Å². The van der Waals surface area contributed by atoms with E-state index < -0.39 is 11.7 Å². The molecule has 6 heteroatoms. The molecule has 0 bridgehead atoms. The fourth-order valence-electron chi connectivity index (χ4n) is 2.04. The Balaban J connectivity index is 2.99. The highest BCUT2D eigenvalue weighted by molar-refractivity contribution is 6.33. The fourth-order valence-corrected chi connectivity index (χ4v) is 2.35. The predicted octanol–water partition coefficient (Wildman–Crippen LogP) is 4.36. The van der Waals surface area contributed by atoms with Crippen LogP contribution in [0.2, 0.25) is 5.02 Å². The molecule has 0 heterocycles. The van der Waals surface area contributed by atoms with Crippen molar-refractivity contribution in [2.45, 2.75) is 40.2 Å². The first-order chi connectivity index (χ1) is 9.99. The van der Waals surface area contributed by atoms with Gasteiger partial charge in [-0.3, -0.25) is 5.32 Å². The van der Waals surface area contributed by atoms with E-state index >= 15 is 0 Å². The molecule has 3 N–H and O–H groups in total. The quantitative estimate of drug-likeness (QED) is 0.806. The van der Waals surface area contributed by atoms with Gasteiger partial charge in [-0.25, -0.2) is 4.79 Å². The number of benzene rings is 1. The molecule has 1 amide bonds.